The lowest BCUT2D eigenvalue weighted by molar-refractivity contribution is -0.142. The minimum Gasteiger partial charge on any atom is -0.463 e. The van der Waals surface area contributed by atoms with Gasteiger partial charge in [-0.05, 0) is 18.2 Å². The average molecular weight is 329 g/mol. The first-order valence-corrected chi connectivity index (χ1v) is 7.10. The topological polar surface area (TPSA) is 43.3 Å². The van der Waals surface area contributed by atoms with Gasteiger partial charge < -0.3 is 4.42 Å². The van der Waals surface area contributed by atoms with Crippen LogP contribution in [-0.4, -0.2) is 14.6 Å². The molecule has 120 valence electrons. The fourth-order valence-electron chi connectivity index (χ4n) is 2.48. The van der Waals surface area contributed by atoms with E-state index in [1.807, 2.05) is 6.07 Å². The van der Waals surface area contributed by atoms with Crippen LogP contribution in [0, 0.1) is 0 Å². The summed E-state index contributed by atoms with van der Waals surface area (Å²) in [5.41, 5.74) is 0.455. The van der Waals surface area contributed by atoms with Gasteiger partial charge in [-0.15, -0.1) is 0 Å². The van der Waals surface area contributed by atoms with E-state index < -0.39 is 11.9 Å². The van der Waals surface area contributed by atoms with Crippen LogP contribution in [0.4, 0.5) is 13.2 Å². The van der Waals surface area contributed by atoms with E-state index in [1.54, 1.807) is 36.4 Å². The highest BCUT2D eigenvalue weighted by atomic mass is 19.4. The maximum Gasteiger partial charge on any atom is 0.433 e. The van der Waals surface area contributed by atoms with Gasteiger partial charge >= 0.3 is 6.18 Å². The van der Waals surface area contributed by atoms with E-state index in [4.69, 9.17) is 4.42 Å². The van der Waals surface area contributed by atoms with Crippen LogP contribution in [0.5, 0.6) is 0 Å². The van der Waals surface area contributed by atoms with Crippen molar-refractivity contribution in [1.29, 1.82) is 0 Å². The summed E-state index contributed by atoms with van der Waals surface area (Å²) in [4.78, 5) is 4.24. The molecule has 0 aliphatic rings. The zero-order chi connectivity index (χ0) is 16.7. The quantitative estimate of drug-likeness (QED) is 0.536. The third kappa shape index (κ3) is 2.44. The van der Waals surface area contributed by atoms with Crippen LogP contribution in [0.2, 0.25) is 0 Å². The number of alkyl halides is 3. The highest BCUT2D eigenvalue weighted by Crippen LogP contribution is 2.33. The maximum atomic E-state index is 13.4. The standard InChI is InChI=1S/C17H10F3N3O/c18-17(19,20)15-9-13(14-7-4-8-24-14)21-16-10-12(22-23(15)16)11-5-2-1-3-6-11/h1-10H. The van der Waals surface area contributed by atoms with Gasteiger partial charge in [-0.1, -0.05) is 30.3 Å². The summed E-state index contributed by atoms with van der Waals surface area (Å²) in [5, 5.41) is 4.08. The van der Waals surface area contributed by atoms with Gasteiger partial charge in [0.25, 0.3) is 0 Å². The first kappa shape index (κ1) is 14.5. The third-order valence-electron chi connectivity index (χ3n) is 3.56. The van der Waals surface area contributed by atoms with Crippen LogP contribution in [0.3, 0.4) is 0 Å². The highest BCUT2D eigenvalue weighted by molar-refractivity contribution is 5.66. The normalized spacial score (nSPS) is 12.0. The number of hydrogen-bond donors (Lipinski definition) is 0. The number of fused-ring (bicyclic) bond motifs is 1. The van der Waals surface area contributed by atoms with E-state index in [9.17, 15) is 13.2 Å². The smallest absolute Gasteiger partial charge is 0.433 e. The fraction of sp³-hybridized carbons (Fsp3) is 0.0588. The molecule has 3 heterocycles. The molecule has 0 bridgehead atoms. The molecule has 3 aromatic heterocycles. The number of hydrogen-bond acceptors (Lipinski definition) is 3. The van der Waals surface area contributed by atoms with Gasteiger partial charge in [-0.3, -0.25) is 0 Å². The Balaban J connectivity index is 1.97. The zero-order valence-corrected chi connectivity index (χ0v) is 12.2. The van der Waals surface area contributed by atoms with Crippen molar-refractivity contribution in [2.75, 3.05) is 0 Å². The molecule has 24 heavy (non-hydrogen) atoms. The van der Waals surface area contributed by atoms with E-state index in [2.05, 4.69) is 10.1 Å². The number of furan rings is 1. The molecule has 0 saturated heterocycles. The molecule has 0 N–H and O–H groups in total. The third-order valence-corrected chi connectivity index (χ3v) is 3.56. The van der Waals surface area contributed by atoms with Gasteiger partial charge in [0.05, 0.1) is 12.0 Å². The van der Waals surface area contributed by atoms with Gasteiger partial charge in [-0.2, -0.15) is 18.3 Å². The Morgan fingerprint density at radius 1 is 0.917 bits per heavy atom. The molecule has 4 aromatic rings. The number of benzene rings is 1. The Morgan fingerprint density at radius 3 is 2.38 bits per heavy atom. The first-order chi connectivity index (χ1) is 11.5. The number of aromatic nitrogens is 3. The van der Waals surface area contributed by atoms with E-state index in [-0.39, 0.29) is 17.1 Å². The van der Waals surface area contributed by atoms with Crippen molar-refractivity contribution in [2.24, 2.45) is 0 Å². The molecule has 0 saturated carbocycles. The fourth-order valence-corrected chi connectivity index (χ4v) is 2.48. The summed E-state index contributed by atoms with van der Waals surface area (Å²) >= 11 is 0. The predicted molar refractivity (Wildman–Crippen MR) is 81.1 cm³/mol. The van der Waals surface area contributed by atoms with Crippen molar-refractivity contribution < 1.29 is 17.6 Å². The monoisotopic (exact) mass is 329 g/mol. The summed E-state index contributed by atoms with van der Waals surface area (Å²) in [6.45, 7) is 0. The summed E-state index contributed by atoms with van der Waals surface area (Å²) in [5.74, 6) is 0.269. The molecule has 0 radical (unpaired) electrons. The Labute approximate surface area is 134 Å². The summed E-state index contributed by atoms with van der Waals surface area (Å²) < 4.78 is 46.3. The van der Waals surface area contributed by atoms with Crippen LogP contribution in [-0.2, 0) is 6.18 Å². The van der Waals surface area contributed by atoms with Crippen LogP contribution < -0.4 is 0 Å². The molecular weight excluding hydrogens is 319 g/mol. The minimum atomic E-state index is -4.57. The van der Waals surface area contributed by atoms with Gasteiger partial charge in [-0.25, -0.2) is 9.50 Å². The summed E-state index contributed by atoms with van der Waals surface area (Å²) in [6.07, 6.45) is -3.18. The van der Waals surface area contributed by atoms with Crippen LogP contribution >= 0.6 is 0 Å². The molecule has 0 spiro atoms. The molecule has 4 rings (SSSR count). The van der Waals surface area contributed by atoms with Gasteiger partial charge in [0.1, 0.15) is 5.69 Å². The Morgan fingerprint density at radius 2 is 1.71 bits per heavy atom. The van der Waals surface area contributed by atoms with Crippen molar-refractivity contribution in [3.63, 3.8) is 0 Å². The number of halogens is 3. The Kier molecular flexibility index (Phi) is 3.16. The summed E-state index contributed by atoms with van der Waals surface area (Å²) in [7, 11) is 0. The van der Waals surface area contributed by atoms with E-state index in [0.717, 1.165) is 16.1 Å². The van der Waals surface area contributed by atoms with E-state index in [0.29, 0.717) is 5.69 Å². The van der Waals surface area contributed by atoms with Crippen LogP contribution in [0.15, 0.2) is 65.3 Å². The molecule has 0 aliphatic heterocycles. The lowest BCUT2D eigenvalue weighted by Crippen LogP contribution is -2.13. The molecule has 0 amide bonds. The Hall–Kier alpha value is -3.09. The molecule has 4 nitrogen and oxygen atoms in total. The van der Waals surface area contributed by atoms with Crippen molar-refractivity contribution in [2.45, 2.75) is 6.18 Å². The molecule has 0 aliphatic carbocycles. The minimum absolute atomic E-state index is 0.107. The predicted octanol–water partition coefficient (Wildman–Crippen LogP) is 4.68. The number of nitrogens with zero attached hydrogens (tertiary/aromatic N) is 3. The molecule has 0 atom stereocenters. The lowest BCUT2D eigenvalue weighted by atomic mass is 10.2. The second kappa shape index (κ2) is 5.23. The molecule has 1 aromatic carbocycles. The zero-order valence-electron chi connectivity index (χ0n) is 12.2. The molecule has 0 fully saturated rings. The Bertz CT molecular complexity index is 989. The van der Waals surface area contributed by atoms with Crippen LogP contribution in [0.25, 0.3) is 28.4 Å². The van der Waals surface area contributed by atoms with E-state index in [1.165, 1.54) is 12.3 Å². The van der Waals surface area contributed by atoms with Gasteiger partial charge in [0.15, 0.2) is 17.1 Å². The van der Waals surface area contributed by atoms with Gasteiger partial charge in [0.2, 0.25) is 0 Å². The molecule has 0 unspecified atom stereocenters. The second-order valence-electron chi connectivity index (χ2n) is 5.17. The first-order valence-electron chi connectivity index (χ1n) is 7.10. The van der Waals surface area contributed by atoms with Crippen molar-refractivity contribution in [3.05, 3.63) is 66.6 Å². The van der Waals surface area contributed by atoms with Gasteiger partial charge in [0, 0.05) is 11.6 Å². The lowest BCUT2D eigenvalue weighted by Gasteiger charge is -2.09. The average Bonchev–Trinajstić information content (AvgIpc) is 3.23. The second-order valence-corrected chi connectivity index (χ2v) is 5.17. The highest BCUT2D eigenvalue weighted by Gasteiger charge is 2.35. The molecular formula is C17H10F3N3O. The van der Waals surface area contributed by atoms with Crippen molar-refractivity contribution in [3.8, 4) is 22.7 Å². The van der Waals surface area contributed by atoms with Crippen molar-refractivity contribution in [1.82, 2.24) is 14.6 Å². The van der Waals surface area contributed by atoms with Crippen LogP contribution in [0.1, 0.15) is 5.69 Å². The SMILES string of the molecule is FC(F)(F)c1cc(-c2ccco2)nc2cc(-c3ccccc3)nn12. The van der Waals surface area contributed by atoms with Crippen molar-refractivity contribution >= 4 is 5.65 Å². The maximum absolute atomic E-state index is 13.4. The summed E-state index contributed by atoms with van der Waals surface area (Å²) in [6, 6.07) is 14.6. The number of rotatable bonds is 2. The largest absolute Gasteiger partial charge is 0.463 e. The molecule has 7 heteroatoms. The van der Waals surface area contributed by atoms with E-state index >= 15 is 0 Å².